The summed E-state index contributed by atoms with van der Waals surface area (Å²) in [6.45, 7) is 2.13. The molecule has 0 radical (unpaired) electrons. The largest absolute Gasteiger partial charge is 0.466 e. The van der Waals surface area contributed by atoms with Gasteiger partial charge in [0.05, 0.1) is 25.9 Å². The maximum Gasteiger partial charge on any atom is 0.355 e. The van der Waals surface area contributed by atoms with Crippen LogP contribution in [0.2, 0.25) is 0 Å². The van der Waals surface area contributed by atoms with Gasteiger partial charge in [0.2, 0.25) is 0 Å². The van der Waals surface area contributed by atoms with Crippen molar-refractivity contribution in [2.75, 3.05) is 20.8 Å². The van der Waals surface area contributed by atoms with Crippen molar-refractivity contribution in [2.24, 2.45) is 17.1 Å². The molecule has 30 heavy (non-hydrogen) atoms. The molecule has 2 heterocycles. The number of Topliss-reactive ketones (excluding diaryl/α,β-unsaturated/α-hetero) is 1. The quantitative estimate of drug-likeness (QED) is 0.715. The van der Waals surface area contributed by atoms with Crippen LogP contribution < -0.4 is 5.73 Å². The lowest BCUT2D eigenvalue weighted by molar-refractivity contribution is -0.163. The van der Waals surface area contributed by atoms with Gasteiger partial charge in [0.15, 0.2) is 11.5 Å². The van der Waals surface area contributed by atoms with Gasteiger partial charge in [-0.1, -0.05) is 31.2 Å². The van der Waals surface area contributed by atoms with Crippen molar-refractivity contribution in [1.29, 1.82) is 5.26 Å². The van der Waals surface area contributed by atoms with Crippen LogP contribution in [0.4, 0.5) is 0 Å². The summed E-state index contributed by atoms with van der Waals surface area (Å²) in [5.74, 6) is -3.46. The van der Waals surface area contributed by atoms with Crippen molar-refractivity contribution >= 4 is 17.7 Å². The van der Waals surface area contributed by atoms with E-state index < -0.39 is 41.0 Å². The molecule has 0 amide bonds. The number of fused-ring (bicyclic) bond motifs is 1. The van der Waals surface area contributed by atoms with E-state index in [-0.39, 0.29) is 17.8 Å². The minimum atomic E-state index is -1.85. The van der Waals surface area contributed by atoms with E-state index in [1.165, 1.54) is 7.11 Å². The Balaban J connectivity index is 2.20. The highest BCUT2D eigenvalue weighted by Gasteiger charge is 2.83. The summed E-state index contributed by atoms with van der Waals surface area (Å²) >= 11 is 0. The fraction of sp³-hybridized carbons (Fsp3) is 0.429. The molecule has 2 aliphatic heterocycles. The number of benzene rings is 1. The SMILES string of the molecule is CCCN1C(C(=O)OC)=C(C(=O)OC)[C@]23C(=O)c4ccccc4[C@]12OC(N)C3C#N. The summed E-state index contributed by atoms with van der Waals surface area (Å²) in [4.78, 5) is 41.4. The van der Waals surface area contributed by atoms with Crippen molar-refractivity contribution in [3.8, 4) is 6.07 Å². The summed E-state index contributed by atoms with van der Waals surface area (Å²) in [5, 5.41) is 10.0. The number of rotatable bonds is 4. The molecule has 2 unspecified atom stereocenters. The molecule has 1 fully saturated rings. The van der Waals surface area contributed by atoms with Crippen LogP contribution in [0.3, 0.4) is 0 Å². The van der Waals surface area contributed by atoms with E-state index >= 15 is 0 Å². The van der Waals surface area contributed by atoms with Crippen LogP contribution in [0.15, 0.2) is 35.5 Å². The van der Waals surface area contributed by atoms with Crippen molar-refractivity contribution in [3.05, 3.63) is 46.7 Å². The number of nitrogens with two attached hydrogens (primary N) is 1. The molecule has 1 saturated heterocycles. The van der Waals surface area contributed by atoms with Crippen molar-refractivity contribution in [1.82, 2.24) is 4.90 Å². The second-order valence-corrected chi connectivity index (χ2v) is 7.37. The molecule has 4 rings (SSSR count). The van der Waals surface area contributed by atoms with Crippen LogP contribution in [0.25, 0.3) is 0 Å². The second kappa shape index (κ2) is 6.65. The third-order valence-electron chi connectivity index (χ3n) is 6.17. The van der Waals surface area contributed by atoms with Crippen LogP contribution in [-0.2, 0) is 29.5 Å². The number of methoxy groups -OCH3 is 2. The normalized spacial score (nSPS) is 31.2. The molecule has 0 bridgehead atoms. The van der Waals surface area contributed by atoms with E-state index in [9.17, 15) is 19.6 Å². The Bertz CT molecular complexity index is 1040. The van der Waals surface area contributed by atoms with E-state index in [1.54, 1.807) is 29.2 Å². The van der Waals surface area contributed by atoms with Crippen molar-refractivity contribution in [3.63, 3.8) is 0 Å². The van der Waals surface area contributed by atoms with Gasteiger partial charge in [0.25, 0.3) is 0 Å². The summed E-state index contributed by atoms with van der Waals surface area (Å²) in [5.41, 5.74) is 3.10. The molecule has 0 saturated carbocycles. The zero-order valence-corrected chi connectivity index (χ0v) is 16.8. The molecule has 1 aromatic rings. The maximum absolute atomic E-state index is 13.9. The first-order valence-corrected chi connectivity index (χ1v) is 9.54. The summed E-state index contributed by atoms with van der Waals surface area (Å²) < 4.78 is 16.1. The van der Waals surface area contributed by atoms with Gasteiger partial charge in [-0.3, -0.25) is 4.79 Å². The van der Waals surface area contributed by atoms with Crippen LogP contribution in [0.5, 0.6) is 0 Å². The van der Waals surface area contributed by atoms with Crippen molar-refractivity contribution < 1.29 is 28.6 Å². The average Bonchev–Trinajstić information content (AvgIpc) is 3.24. The number of hydrogen-bond acceptors (Lipinski definition) is 9. The van der Waals surface area contributed by atoms with E-state index in [0.717, 1.165) is 7.11 Å². The highest BCUT2D eigenvalue weighted by molar-refractivity contribution is 6.17. The van der Waals surface area contributed by atoms with Gasteiger partial charge in [-0.05, 0) is 6.42 Å². The number of nitrogens with zero attached hydrogens (tertiary/aromatic N) is 2. The molecule has 4 atom stereocenters. The molecule has 2 N–H and O–H groups in total. The topological polar surface area (TPSA) is 132 Å². The molecule has 1 aliphatic carbocycles. The minimum absolute atomic E-state index is 0.138. The standard InChI is InChI=1S/C21H21N3O6/c1-4-9-24-15(19(27)29-3)14(18(26)28-2)20-13(10-22)17(23)30-21(20,24)12-8-6-5-7-11(12)16(20)25/h5-8,13,17H,4,9,23H2,1-3H3/t13?,17?,20-,21-/m1/s1. The van der Waals surface area contributed by atoms with Gasteiger partial charge in [-0.15, -0.1) is 0 Å². The van der Waals surface area contributed by atoms with Gasteiger partial charge < -0.3 is 24.8 Å². The minimum Gasteiger partial charge on any atom is -0.466 e. The van der Waals surface area contributed by atoms with Gasteiger partial charge in [0, 0.05) is 17.7 Å². The highest BCUT2D eigenvalue weighted by atomic mass is 16.6. The van der Waals surface area contributed by atoms with Gasteiger partial charge >= 0.3 is 11.9 Å². The predicted molar refractivity (Wildman–Crippen MR) is 101 cm³/mol. The van der Waals surface area contributed by atoms with E-state index in [1.807, 2.05) is 6.92 Å². The zero-order chi connectivity index (χ0) is 21.8. The Kier molecular flexibility index (Phi) is 4.45. The second-order valence-electron chi connectivity index (χ2n) is 7.37. The average molecular weight is 411 g/mol. The predicted octanol–water partition coefficient (Wildman–Crippen LogP) is 0.803. The Morgan fingerprint density at radius 2 is 1.93 bits per heavy atom. The number of nitriles is 1. The fourth-order valence-corrected chi connectivity index (χ4v) is 5.25. The molecular weight excluding hydrogens is 390 g/mol. The third-order valence-corrected chi connectivity index (χ3v) is 6.17. The van der Waals surface area contributed by atoms with E-state index in [2.05, 4.69) is 6.07 Å². The lowest BCUT2D eigenvalue weighted by Crippen LogP contribution is -2.52. The highest BCUT2D eigenvalue weighted by Crippen LogP contribution is 2.71. The first kappa shape index (κ1) is 20.1. The molecule has 0 spiro atoms. The summed E-state index contributed by atoms with van der Waals surface area (Å²) in [7, 11) is 2.33. The number of esters is 2. The Morgan fingerprint density at radius 1 is 1.27 bits per heavy atom. The summed E-state index contributed by atoms with van der Waals surface area (Å²) in [6, 6.07) is 8.79. The molecular formula is C21H21N3O6. The number of ketones is 1. The molecule has 9 nitrogen and oxygen atoms in total. The first-order valence-electron chi connectivity index (χ1n) is 9.54. The first-order chi connectivity index (χ1) is 14.4. The Morgan fingerprint density at radius 3 is 2.53 bits per heavy atom. The van der Waals surface area contributed by atoms with E-state index in [4.69, 9.17) is 19.9 Å². The smallest absolute Gasteiger partial charge is 0.355 e. The number of carbonyl (C=O) groups excluding carboxylic acids is 3. The van der Waals surface area contributed by atoms with Crippen LogP contribution in [-0.4, -0.2) is 49.6 Å². The van der Waals surface area contributed by atoms with Gasteiger partial charge in [0.1, 0.15) is 23.3 Å². The summed E-state index contributed by atoms with van der Waals surface area (Å²) in [6.07, 6.45) is -0.607. The third kappa shape index (κ3) is 1.95. The number of carbonyl (C=O) groups is 3. The number of ether oxygens (including phenoxy) is 3. The van der Waals surface area contributed by atoms with Crippen LogP contribution >= 0.6 is 0 Å². The monoisotopic (exact) mass is 411 g/mol. The maximum atomic E-state index is 13.9. The molecule has 156 valence electrons. The molecule has 3 aliphatic rings. The zero-order valence-electron chi connectivity index (χ0n) is 16.8. The fourth-order valence-electron chi connectivity index (χ4n) is 5.25. The van der Waals surface area contributed by atoms with Crippen LogP contribution in [0, 0.1) is 22.7 Å². The molecule has 1 aromatic carbocycles. The molecule has 0 aromatic heterocycles. The number of hydrogen-bond donors (Lipinski definition) is 1. The lowest BCUT2D eigenvalue weighted by Gasteiger charge is -2.41. The lowest BCUT2D eigenvalue weighted by atomic mass is 9.65. The molecule has 9 heteroatoms. The Labute approximate surface area is 173 Å². The Hall–Kier alpha value is -3.22. The van der Waals surface area contributed by atoms with Gasteiger partial charge in [-0.25, -0.2) is 9.59 Å². The van der Waals surface area contributed by atoms with Crippen molar-refractivity contribution in [2.45, 2.75) is 25.3 Å². The van der Waals surface area contributed by atoms with Gasteiger partial charge in [-0.2, -0.15) is 5.26 Å². The van der Waals surface area contributed by atoms with Crippen LogP contribution in [0.1, 0.15) is 29.3 Å². The van der Waals surface area contributed by atoms with E-state index in [0.29, 0.717) is 17.5 Å².